The molecule has 0 unspecified atom stereocenters. The van der Waals surface area contributed by atoms with Gasteiger partial charge in [-0.1, -0.05) is 45.0 Å². The number of aliphatic hydroxyl groups excluding tert-OH is 1. The molecule has 5 aromatic rings. The zero-order chi connectivity index (χ0) is 34.4. The summed E-state index contributed by atoms with van der Waals surface area (Å²) < 4.78 is 17.2. The molecule has 0 bridgehead atoms. The average Bonchev–Trinajstić information content (AvgIpc) is 3.08. The number of nitrogens with one attached hydrogen (secondary N) is 4. The molecule has 0 atom stereocenters. The molecule has 0 spiro atoms. The van der Waals surface area contributed by atoms with E-state index in [1.807, 2.05) is 63.2 Å². The number of ether oxygens (including phenoxy) is 3. The summed E-state index contributed by atoms with van der Waals surface area (Å²) in [7, 11) is 4.57. The van der Waals surface area contributed by atoms with Gasteiger partial charge in [-0.05, 0) is 59.0 Å². The fourth-order valence-corrected chi connectivity index (χ4v) is 5.18. The molecule has 4 aromatic carbocycles. The molecule has 1 aromatic heterocycles. The third-order valence-corrected chi connectivity index (χ3v) is 7.63. The quantitative estimate of drug-likeness (QED) is 0.104. The first-order valence-corrected chi connectivity index (χ1v) is 15.3. The van der Waals surface area contributed by atoms with Crippen LogP contribution in [0, 0.1) is 0 Å². The Bertz CT molecular complexity index is 1950. The number of methoxy groups -OCH3 is 2. The van der Waals surface area contributed by atoms with Crippen molar-refractivity contribution in [3.05, 3.63) is 102 Å². The van der Waals surface area contributed by atoms with Crippen LogP contribution in [0.25, 0.3) is 10.8 Å². The number of hydrogen-bond acceptors (Lipinski definition) is 8. The van der Waals surface area contributed by atoms with Gasteiger partial charge in [0.05, 0.1) is 37.8 Å². The van der Waals surface area contributed by atoms with Crippen molar-refractivity contribution >= 4 is 45.6 Å². The van der Waals surface area contributed by atoms with Gasteiger partial charge in [0.25, 0.3) is 5.91 Å². The first-order chi connectivity index (χ1) is 23.0. The van der Waals surface area contributed by atoms with Crippen molar-refractivity contribution in [1.82, 2.24) is 10.3 Å². The minimum Gasteiger partial charge on any atom is -0.497 e. The summed E-state index contributed by atoms with van der Waals surface area (Å²) in [5.41, 5.74) is 3.22. The highest BCUT2D eigenvalue weighted by molar-refractivity contribution is 6.09. The summed E-state index contributed by atoms with van der Waals surface area (Å²) >= 11 is 0. The molecular formula is C37H39N5O6. The number of aliphatic hydroxyl groups is 1. The van der Waals surface area contributed by atoms with Crippen LogP contribution >= 0.6 is 0 Å². The number of amides is 3. The van der Waals surface area contributed by atoms with Crippen LogP contribution in [0.2, 0.25) is 0 Å². The van der Waals surface area contributed by atoms with Crippen LogP contribution in [0.15, 0.2) is 85.1 Å². The molecule has 11 nitrogen and oxygen atoms in total. The number of nitrogens with zero attached hydrogens (tertiary/aromatic N) is 1. The number of hydrogen-bond donors (Lipinski definition) is 5. The summed E-state index contributed by atoms with van der Waals surface area (Å²) in [5.74, 6) is 2.20. The summed E-state index contributed by atoms with van der Waals surface area (Å²) in [6.45, 7) is 5.96. The molecule has 48 heavy (non-hydrogen) atoms. The maximum Gasteiger partial charge on any atom is 0.323 e. The van der Waals surface area contributed by atoms with Crippen molar-refractivity contribution < 1.29 is 28.9 Å². The fraction of sp³-hybridized carbons (Fsp3) is 0.216. The van der Waals surface area contributed by atoms with E-state index in [-0.39, 0.29) is 23.7 Å². The van der Waals surface area contributed by atoms with Gasteiger partial charge in [0.2, 0.25) is 0 Å². The normalized spacial score (nSPS) is 11.1. The van der Waals surface area contributed by atoms with E-state index in [9.17, 15) is 14.7 Å². The number of carbonyl (C=O) groups excluding carboxylic acids is 2. The van der Waals surface area contributed by atoms with Crippen LogP contribution in [-0.4, -0.2) is 43.3 Å². The molecule has 0 aliphatic rings. The van der Waals surface area contributed by atoms with Crippen molar-refractivity contribution in [2.75, 3.05) is 37.2 Å². The molecule has 1 heterocycles. The lowest BCUT2D eigenvalue weighted by Crippen LogP contribution is -2.24. The van der Waals surface area contributed by atoms with Gasteiger partial charge in [-0.15, -0.1) is 0 Å². The number of pyridine rings is 1. The Labute approximate surface area is 279 Å². The standard InChI is InChI=1S/C37H39N5O6/c1-37(2,3)23-17-29(35(44)38-4)34(47-6)31(18-23)42-36(45)41-30-11-12-32(28-10-8-7-9-27(28)30)48-25-13-14-39-33(20-25)40-24-15-22(21-43)16-26(19-24)46-5/h7-20,43H,21H2,1-6H3,(H,38,44)(H,39,40)(H2,41,42,45). The maximum atomic E-state index is 13.4. The average molecular weight is 650 g/mol. The van der Waals surface area contributed by atoms with E-state index < -0.39 is 6.03 Å². The van der Waals surface area contributed by atoms with Crippen LogP contribution in [-0.2, 0) is 12.0 Å². The zero-order valence-electron chi connectivity index (χ0n) is 27.7. The largest absolute Gasteiger partial charge is 0.497 e. The van der Waals surface area contributed by atoms with E-state index in [0.29, 0.717) is 51.3 Å². The Morgan fingerprint density at radius 1 is 0.833 bits per heavy atom. The molecule has 3 amide bonds. The minimum absolute atomic E-state index is 0.126. The number of carbonyl (C=O) groups is 2. The van der Waals surface area contributed by atoms with Crippen LogP contribution in [0.4, 0.5) is 27.7 Å². The molecule has 11 heteroatoms. The summed E-state index contributed by atoms with van der Waals surface area (Å²) in [5, 5.41) is 22.8. The predicted molar refractivity (Wildman–Crippen MR) is 188 cm³/mol. The lowest BCUT2D eigenvalue weighted by atomic mass is 9.85. The van der Waals surface area contributed by atoms with Crippen LogP contribution in [0.3, 0.4) is 0 Å². The second kappa shape index (κ2) is 14.3. The van der Waals surface area contributed by atoms with Crippen molar-refractivity contribution in [3.63, 3.8) is 0 Å². The van der Waals surface area contributed by atoms with Gasteiger partial charge in [-0.2, -0.15) is 0 Å². The van der Waals surface area contributed by atoms with Gasteiger partial charge >= 0.3 is 6.03 Å². The van der Waals surface area contributed by atoms with Crippen molar-refractivity contribution in [2.45, 2.75) is 32.8 Å². The summed E-state index contributed by atoms with van der Waals surface area (Å²) in [4.78, 5) is 30.5. The number of rotatable bonds is 10. The number of aromatic nitrogens is 1. The number of fused-ring (bicyclic) bond motifs is 1. The smallest absolute Gasteiger partial charge is 0.323 e. The summed E-state index contributed by atoms with van der Waals surface area (Å²) in [6.07, 6.45) is 1.63. The fourth-order valence-electron chi connectivity index (χ4n) is 5.18. The molecule has 0 aliphatic heterocycles. The predicted octanol–water partition coefficient (Wildman–Crippen LogP) is 7.58. The van der Waals surface area contributed by atoms with Crippen molar-refractivity contribution in [2.24, 2.45) is 0 Å². The molecule has 5 N–H and O–H groups in total. The monoisotopic (exact) mass is 649 g/mol. The lowest BCUT2D eigenvalue weighted by molar-refractivity contribution is 0.0960. The molecule has 0 radical (unpaired) electrons. The van der Waals surface area contributed by atoms with Crippen molar-refractivity contribution in [3.8, 4) is 23.0 Å². The number of anilines is 4. The Morgan fingerprint density at radius 3 is 2.27 bits per heavy atom. The molecule has 248 valence electrons. The molecule has 0 aliphatic carbocycles. The first-order valence-electron chi connectivity index (χ1n) is 15.3. The second-order valence-electron chi connectivity index (χ2n) is 12.0. The van der Waals surface area contributed by atoms with Crippen LogP contribution in [0.5, 0.6) is 23.0 Å². The van der Waals surface area contributed by atoms with Crippen molar-refractivity contribution in [1.29, 1.82) is 0 Å². The SMILES string of the molecule is CNC(=O)c1cc(C(C)(C)C)cc(NC(=O)Nc2ccc(Oc3ccnc(Nc4cc(CO)cc(OC)c4)c3)c3ccccc23)c1OC. The third kappa shape index (κ3) is 7.59. The van der Waals surface area contributed by atoms with Gasteiger partial charge in [-0.25, -0.2) is 9.78 Å². The zero-order valence-corrected chi connectivity index (χ0v) is 27.7. The molecule has 5 rings (SSSR count). The molecule has 0 fully saturated rings. The van der Waals surface area contributed by atoms with Crippen LogP contribution < -0.4 is 35.5 Å². The van der Waals surface area contributed by atoms with E-state index >= 15 is 0 Å². The van der Waals surface area contributed by atoms with E-state index in [4.69, 9.17) is 14.2 Å². The molecule has 0 saturated heterocycles. The van der Waals surface area contributed by atoms with E-state index in [2.05, 4.69) is 26.3 Å². The number of urea groups is 1. The Balaban J connectivity index is 1.39. The van der Waals surface area contributed by atoms with Gasteiger partial charge < -0.3 is 40.6 Å². The highest BCUT2D eigenvalue weighted by atomic mass is 16.5. The topological polar surface area (TPSA) is 143 Å². The highest BCUT2D eigenvalue weighted by Gasteiger charge is 2.24. The van der Waals surface area contributed by atoms with Gasteiger partial charge in [0.15, 0.2) is 5.75 Å². The minimum atomic E-state index is -0.507. The van der Waals surface area contributed by atoms with Gasteiger partial charge in [0.1, 0.15) is 23.1 Å². The second-order valence-corrected chi connectivity index (χ2v) is 12.0. The van der Waals surface area contributed by atoms with Gasteiger partial charge in [-0.3, -0.25) is 4.79 Å². The Hall–Kier alpha value is -5.81. The van der Waals surface area contributed by atoms with E-state index in [1.54, 1.807) is 56.8 Å². The summed E-state index contributed by atoms with van der Waals surface area (Å²) in [6, 6.07) is 23.1. The Kier molecular flexibility index (Phi) is 10.0. The van der Waals surface area contributed by atoms with E-state index in [1.165, 1.54) is 7.11 Å². The molecule has 0 saturated carbocycles. The van der Waals surface area contributed by atoms with Crippen LogP contribution in [0.1, 0.15) is 42.3 Å². The Morgan fingerprint density at radius 2 is 1.58 bits per heavy atom. The third-order valence-electron chi connectivity index (χ3n) is 7.63. The number of benzene rings is 4. The maximum absolute atomic E-state index is 13.4. The van der Waals surface area contributed by atoms with E-state index in [0.717, 1.165) is 16.3 Å². The highest BCUT2D eigenvalue weighted by Crippen LogP contribution is 2.37. The lowest BCUT2D eigenvalue weighted by Gasteiger charge is -2.23. The first kappa shape index (κ1) is 33.6. The molecular weight excluding hydrogens is 610 g/mol. The van der Waals surface area contributed by atoms with Gasteiger partial charge in [0, 0.05) is 41.8 Å².